The van der Waals surface area contributed by atoms with Crippen LogP contribution in [0.1, 0.15) is 0 Å². The van der Waals surface area contributed by atoms with E-state index in [-0.39, 0.29) is 0 Å². The van der Waals surface area contributed by atoms with Crippen molar-refractivity contribution in [1.82, 2.24) is 0 Å². The summed E-state index contributed by atoms with van der Waals surface area (Å²) in [5, 5.41) is 0. The van der Waals surface area contributed by atoms with Gasteiger partial charge in [-0.05, 0) is 0 Å². The van der Waals surface area contributed by atoms with Crippen LogP contribution in [0.2, 0.25) is 0 Å². The van der Waals surface area contributed by atoms with Crippen molar-refractivity contribution in [3.8, 4) is 0 Å². The predicted molar refractivity (Wildman–Crippen MR) is 29.3 cm³/mol. The van der Waals surface area contributed by atoms with E-state index in [1.807, 2.05) is 0 Å². The molecular formula is C4H6O2S. The summed E-state index contributed by atoms with van der Waals surface area (Å²) in [6, 6.07) is 0. The van der Waals surface area contributed by atoms with Crippen LogP contribution in [0.15, 0.2) is 25.3 Å². The fraction of sp³-hybridized carbons (Fsp3) is 0. The van der Waals surface area contributed by atoms with Crippen LogP contribution in [0.5, 0.6) is 0 Å². The predicted octanol–water partition coefficient (Wildman–Crippen LogP) is 0.688. The minimum atomic E-state index is -0.750. The Morgan fingerprint density at radius 1 is 1.14 bits per heavy atom. The Morgan fingerprint density at radius 2 is 1.29 bits per heavy atom. The fourth-order valence-electron chi connectivity index (χ4n) is 0. The molecule has 3 heteroatoms. The Bertz CT molecular complexity index is 75.7. The van der Waals surface area contributed by atoms with Gasteiger partial charge in [0.05, 0.1) is 0 Å². The third-order valence-electron chi connectivity index (χ3n) is 0.167. The standard InChI is InChI=1S/C4H6.O2S/c1-3-4-2;1-3-2/h3-4H,1-2H2;. The average Bonchev–Trinajstić information content (AvgIpc) is 1.69. The number of allylic oxidation sites excluding steroid dienone is 2. The lowest BCUT2D eigenvalue weighted by atomic mass is 10.6. The van der Waals surface area contributed by atoms with Crippen LogP contribution < -0.4 is 0 Å². The van der Waals surface area contributed by atoms with Crippen molar-refractivity contribution >= 4 is 11.6 Å². The van der Waals surface area contributed by atoms with E-state index in [1.165, 1.54) is 0 Å². The highest BCUT2D eigenvalue weighted by Crippen LogP contribution is 1.52. The Balaban J connectivity index is 0. The third kappa shape index (κ3) is 641. The maximum absolute atomic E-state index is 8.29. The first-order chi connectivity index (χ1) is 3.33. The molecule has 0 heterocycles. The van der Waals surface area contributed by atoms with Crippen molar-refractivity contribution in [3.05, 3.63) is 25.3 Å². The molecular weight excluding hydrogens is 112 g/mol. The zero-order chi connectivity index (χ0) is 6.12. The summed E-state index contributed by atoms with van der Waals surface area (Å²) in [7, 11) is 0. The molecule has 0 rings (SSSR count). The van der Waals surface area contributed by atoms with Gasteiger partial charge in [-0.2, -0.15) is 8.42 Å². The number of rotatable bonds is 1. The summed E-state index contributed by atoms with van der Waals surface area (Å²) in [5.41, 5.74) is 0. The summed E-state index contributed by atoms with van der Waals surface area (Å²) in [4.78, 5) is 0. The van der Waals surface area contributed by atoms with Crippen LogP contribution >= 0.6 is 0 Å². The first kappa shape index (κ1) is 9.57. The quantitative estimate of drug-likeness (QED) is 0.475. The van der Waals surface area contributed by atoms with Crippen molar-refractivity contribution in [2.45, 2.75) is 0 Å². The summed E-state index contributed by atoms with van der Waals surface area (Å²) < 4.78 is 16.6. The van der Waals surface area contributed by atoms with Gasteiger partial charge in [-0.25, -0.2) is 0 Å². The van der Waals surface area contributed by atoms with Gasteiger partial charge in [0.15, 0.2) is 0 Å². The van der Waals surface area contributed by atoms with Crippen molar-refractivity contribution in [2.75, 3.05) is 0 Å². The number of hydrogen-bond acceptors (Lipinski definition) is 2. The maximum atomic E-state index is 8.29. The van der Waals surface area contributed by atoms with Crippen molar-refractivity contribution in [2.24, 2.45) is 0 Å². The average molecular weight is 118 g/mol. The fourth-order valence-corrected chi connectivity index (χ4v) is 0. The maximum Gasteiger partial charge on any atom is 0.335 e. The molecule has 40 valence electrons. The molecule has 0 amide bonds. The van der Waals surface area contributed by atoms with E-state index in [0.29, 0.717) is 0 Å². The monoisotopic (exact) mass is 118 g/mol. The SMILES string of the molecule is C=CC=C.O=S=O. The van der Waals surface area contributed by atoms with Crippen LogP contribution in [0.25, 0.3) is 0 Å². The first-order valence-electron chi connectivity index (χ1n) is 1.48. The van der Waals surface area contributed by atoms with Crippen molar-refractivity contribution in [1.29, 1.82) is 0 Å². The molecule has 0 aromatic heterocycles. The van der Waals surface area contributed by atoms with E-state index in [4.69, 9.17) is 8.42 Å². The molecule has 0 spiro atoms. The highest BCUT2D eigenvalue weighted by Gasteiger charge is 1.29. The largest absolute Gasteiger partial charge is 0.335 e. The van der Waals surface area contributed by atoms with E-state index in [0.717, 1.165) is 0 Å². The van der Waals surface area contributed by atoms with Crippen LogP contribution in [-0.2, 0) is 11.6 Å². The van der Waals surface area contributed by atoms with Crippen LogP contribution in [0.4, 0.5) is 0 Å². The molecule has 0 aromatic rings. The first-order valence-corrected chi connectivity index (χ1v) is 2.15. The molecule has 0 bridgehead atoms. The zero-order valence-electron chi connectivity index (χ0n) is 3.79. The Morgan fingerprint density at radius 3 is 1.29 bits per heavy atom. The van der Waals surface area contributed by atoms with Crippen LogP contribution in [-0.4, -0.2) is 8.42 Å². The van der Waals surface area contributed by atoms with Gasteiger partial charge in [-0.3, -0.25) is 0 Å². The molecule has 7 heavy (non-hydrogen) atoms. The van der Waals surface area contributed by atoms with Gasteiger partial charge < -0.3 is 0 Å². The van der Waals surface area contributed by atoms with E-state index in [9.17, 15) is 0 Å². The topological polar surface area (TPSA) is 34.1 Å². The van der Waals surface area contributed by atoms with Gasteiger partial charge in [0.1, 0.15) is 0 Å². The molecule has 0 aliphatic rings. The Kier molecular flexibility index (Phi) is 25.3. The molecule has 0 fully saturated rings. The minimum Gasteiger partial charge on any atom is -0.168 e. The van der Waals surface area contributed by atoms with Gasteiger partial charge in [0.25, 0.3) is 0 Å². The van der Waals surface area contributed by atoms with Crippen molar-refractivity contribution in [3.63, 3.8) is 0 Å². The number of hydrogen-bond donors (Lipinski definition) is 0. The molecule has 0 unspecified atom stereocenters. The molecule has 0 N–H and O–H groups in total. The van der Waals surface area contributed by atoms with Gasteiger partial charge >= 0.3 is 11.6 Å². The van der Waals surface area contributed by atoms with Gasteiger partial charge in [-0.1, -0.05) is 25.3 Å². The molecule has 0 saturated heterocycles. The van der Waals surface area contributed by atoms with Crippen LogP contribution in [0, 0.1) is 0 Å². The molecule has 0 aliphatic heterocycles. The van der Waals surface area contributed by atoms with E-state index >= 15 is 0 Å². The molecule has 0 aromatic carbocycles. The lowest BCUT2D eigenvalue weighted by Gasteiger charge is -1.44. The summed E-state index contributed by atoms with van der Waals surface area (Å²) in [5.74, 6) is 0. The smallest absolute Gasteiger partial charge is 0.168 e. The van der Waals surface area contributed by atoms with Crippen LogP contribution in [0.3, 0.4) is 0 Å². The van der Waals surface area contributed by atoms with Gasteiger partial charge in [-0.15, -0.1) is 0 Å². The molecule has 2 nitrogen and oxygen atoms in total. The van der Waals surface area contributed by atoms with Gasteiger partial charge in [0.2, 0.25) is 0 Å². The normalized spacial score (nSPS) is 4.57. The second-order valence-electron chi connectivity index (χ2n) is 0.539. The van der Waals surface area contributed by atoms with E-state index < -0.39 is 11.6 Å². The molecule has 0 radical (unpaired) electrons. The lowest BCUT2D eigenvalue weighted by Crippen LogP contribution is -1.21. The summed E-state index contributed by atoms with van der Waals surface area (Å²) in [6.07, 6.45) is 3.28. The summed E-state index contributed by atoms with van der Waals surface area (Å²) >= 11 is -0.750. The van der Waals surface area contributed by atoms with E-state index in [1.54, 1.807) is 12.2 Å². The minimum absolute atomic E-state index is 0.750. The third-order valence-corrected chi connectivity index (χ3v) is 0.167. The lowest BCUT2D eigenvalue weighted by molar-refractivity contribution is 0.630. The molecule has 0 saturated carbocycles. The zero-order valence-corrected chi connectivity index (χ0v) is 4.61. The van der Waals surface area contributed by atoms with Gasteiger partial charge in [0, 0.05) is 0 Å². The Labute approximate surface area is 46.2 Å². The van der Waals surface area contributed by atoms with E-state index in [2.05, 4.69) is 13.2 Å². The summed E-state index contributed by atoms with van der Waals surface area (Å²) in [6.45, 7) is 6.72. The highest BCUT2D eigenvalue weighted by molar-refractivity contribution is 7.51. The highest BCUT2D eigenvalue weighted by atomic mass is 32.1. The second kappa shape index (κ2) is 18.5. The second-order valence-corrected chi connectivity index (χ2v) is 0.676. The van der Waals surface area contributed by atoms with Crippen molar-refractivity contribution < 1.29 is 8.42 Å². The Hall–Kier alpha value is -0.700. The molecule has 0 atom stereocenters. The molecule has 0 aliphatic carbocycles.